The molecule has 44 heavy (non-hydrogen) atoms. The summed E-state index contributed by atoms with van der Waals surface area (Å²) >= 11 is 0. The van der Waals surface area contributed by atoms with E-state index in [4.69, 9.17) is 4.98 Å². The average molecular weight is 598 g/mol. The maximum absolute atomic E-state index is 13.7. The van der Waals surface area contributed by atoms with Gasteiger partial charge < -0.3 is 14.8 Å². The molecule has 1 aromatic heterocycles. The zero-order valence-electron chi connectivity index (χ0n) is 27.6. The number of benzene rings is 2. The van der Waals surface area contributed by atoms with Crippen LogP contribution in [0.25, 0.3) is 11.0 Å². The molecule has 0 aliphatic carbocycles. The second-order valence-electron chi connectivity index (χ2n) is 15.3. The lowest BCUT2D eigenvalue weighted by Gasteiger charge is -2.46. The fourth-order valence-electron chi connectivity index (χ4n) is 8.32. The molecule has 7 nitrogen and oxygen atoms in total. The van der Waals surface area contributed by atoms with Gasteiger partial charge in [0.1, 0.15) is 11.4 Å². The number of nitrogens with one attached hydrogen (secondary N) is 1. The molecule has 0 radical (unpaired) electrons. The second kappa shape index (κ2) is 11.6. The number of nitrogens with zero attached hydrogens (tertiary/aromatic N) is 4. The van der Waals surface area contributed by atoms with Gasteiger partial charge in [-0.2, -0.15) is 0 Å². The maximum Gasteiger partial charge on any atom is 0.247 e. The van der Waals surface area contributed by atoms with Gasteiger partial charge in [-0.25, -0.2) is 4.98 Å². The van der Waals surface area contributed by atoms with E-state index in [0.717, 1.165) is 37.1 Å². The summed E-state index contributed by atoms with van der Waals surface area (Å²) in [7, 11) is 0. The topological polar surface area (TPSA) is 70.5 Å². The van der Waals surface area contributed by atoms with E-state index in [2.05, 4.69) is 76.3 Å². The Morgan fingerprint density at radius 2 is 1.50 bits per heavy atom. The minimum absolute atomic E-state index is 0.0131. The zero-order chi connectivity index (χ0) is 31.3. The van der Waals surface area contributed by atoms with Crippen LogP contribution in [0.15, 0.2) is 54.6 Å². The minimum Gasteiger partial charge on any atom is -0.342 e. The summed E-state index contributed by atoms with van der Waals surface area (Å²) in [6.07, 6.45) is 7.93. The van der Waals surface area contributed by atoms with Crippen molar-refractivity contribution in [1.29, 1.82) is 0 Å². The number of rotatable bonds is 7. The Bertz CT molecular complexity index is 1480. The number of hydrogen-bond acceptors (Lipinski definition) is 4. The van der Waals surface area contributed by atoms with Gasteiger partial charge in [0.25, 0.3) is 0 Å². The van der Waals surface area contributed by atoms with Crippen LogP contribution in [0.4, 0.5) is 0 Å². The number of likely N-dealkylation sites (tertiary alicyclic amines) is 1. The van der Waals surface area contributed by atoms with Crippen LogP contribution in [0.1, 0.15) is 97.0 Å². The Balaban J connectivity index is 1.14. The summed E-state index contributed by atoms with van der Waals surface area (Å²) in [5.74, 6) is 1.05. The number of amides is 2. The van der Waals surface area contributed by atoms with Crippen LogP contribution >= 0.6 is 0 Å². The highest BCUT2D eigenvalue weighted by molar-refractivity contribution is 5.92. The van der Waals surface area contributed by atoms with Crippen molar-refractivity contribution >= 4 is 22.8 Å². The fourth-order valence-corrected chi connectivity index (χ4v) is 8.32. The lowest BCUT2D eigenvalue weighted by molar-refractivity contribution is -0.143. The Kier molecular flexibility index (Phi) is 8.14. The van der Waals surface area contributed by atoms with Crippen molar-refractivity contribution in [2.24, 2.45) is 5.41 Å². The summed E-state index contributed by atoms with van der Waals surface area (Å²) in [4.78, 5) is 36.1. The first-order valence-corrected chi connectivity index (χ1v) is 16.7. The smallest absolute Gasteiger partial charge is 0.247 e. The summed E-state index contributed by atoms with van der Waals surface area (Å²) in [5, 5.41) is 3.01. The Labute approximate surface area is 263 Å². The van der Waals surface area contributed by atoms with Crippen LogP contribution in [0.2, 0.25) is 0 Å². The van der Waals surface area contributed by atoms with Crippen molar-refractivity contribution < 1.29 is 9.59 Å². The number of hydrogen-bond donors (Lipinski definition) is 1. The molecule has 2 bridgehead atoms. The van der Waals surface area contributed by atoms with Crippen LogP contribution in [0, 0.1) is 12.3 Å². The molecule has 0 spiro atoms. The van der Waals surface area contributed by atoms with Crippen molar-refractivity contribution in [2.45, 2.75) is 116 Å². The molecule has 2 aromatic carbocycles. The molecule has 2 amide bonds. The normalized spacial score (nSPS) is 24.0. The molecule has 236 valence electrons. The molecular formula is C37H51N5O2. The Morgan fingerprint density at radius 1 is 0.886 bits per heavy atom. The molecule has 3 aromatic rings. The molecule has 4 heterocycles. The van der Waals surface area contributed by atoms with Gasteiger partial charge in [0.15, 0.2) is 0 Å². The minimum atomic E-state index is -0.931. The van der Waals surface area contributed by atoms with Crippen molar-refractivity contribution in [3.05, 3.63) is 66.0 Å². The molecule has 0 unspecified atom stereocenters. The van der Waals surface area contributed by atoms with E-state index in [-0.39, 0.29) is 17.2 Å². The summed E-state index contributed by atoms with van der Waals surface area (Å²) in [6.45, 7) is 14.0. The second-order valence-corrected chi connectivity index (χ2v) is 15.3. The van der Waals surface area contributed by atoms with Gasteiger partial charge in [0.2, 0.25) is 11.8 Å². The van der Waals surface area contributed by atoms with Gasteiger partial charge in [-0.15, -0.1) is 0 Å². The molecule has 3 atom stereocenters. The molecule has 0 saturated carbocycles. The first-order valence-electron chi connectivity index (χ1n) is 16.7. The monoisotopic (exact) mass is 597 g/mol. The first-order chi connectivity index (χ1) is 20.9. The number of carbonyl (C=O) groups is 2. The molecule has 1 N–H and O–H groups in total. The molecule has 6 rings (SSSR count). The first kappa shape index (κ1) is 30.8. The third kappa shape index (κ3) is 5.80. The third-order valence-corrected chi connectivity index (χ3v) is 10.9. The van der Waals surface area contributed by atoms with Gasteiger partial charge in [-0.1, -0.05) is 63.2 Å². The van der Waals surface area contributed by atoms with Crippen molar-refractivity contribution in [2.75, 3.05) is 19.6 Å². The number of aryl methyl sites for hydroxylation is 1. The Morgan fingerprint density at radius 3 is 2.14 bits per heavy atom. The summed E-state index contributed by atoms with van der Waals surface area (Å²) in [6, 6.07) is 21.3. The van der Waals surface area contributed by atoms with Gasteiger partial charge >= 0.3 is 0 Å². The van der Waals surface area contributed by atoms with E-state index >= 15 is 0 Å². The van der Waals surface area contributed by atoms with Crippen LogP contribution in [0.3, 0.4) is 0 Å². The molecule has 3 aliphatic heterocycles. The van der Waals surface area contributed by atoms with Crippen LogP contribution < -0.4 is 5.32 Å². The number of imidazole rings is 1. The van der Waals surface area contributed by atoms with E-state index < -0.39 is 11.0 Å². The van der Waals surface area contributed by atoms with E-state index in [1.165, 1.54) is 36.8 Å². The van der Waals surface area contributed by atoms with Crippen LogP contribution in [-0.4, -0.2) is 68.4 Å². The van der Waals surface area contributed by atoms with E-state index in [1.807, 2.05) is 39.5 Å². The summed E-state index contributed by atoms with van der Waals surface area (Å²) < 4.78 is 2.52. The summed E-state index contributed by atoms with van der Waals surface area (Å²) in [5.41, 5.74) is 2.35. The molecule has 7 heteroatoms. The predicted molar refractivity (Wildman–Crippen MR) is 176 cm³/mol. The zero-order valence-corrected chi connectivity index (χ0v) is 27.6. The van der Waals surface area contributed by atoms with E-state index in [1.54, 1.807) is 0 Å². The van der Waals surface area contributed by atoms with Gasteiger partial charge in [0, 0.05) is 36.6 Å². The quantitative estimate of drug-likeness (QED) is 0.342. The number of aromatic nitrogens is 2. The number of fused-ring (bicyclic) bond motifs is 3. The molecular weight excluding hydrogens is 546 g/mol. The van der Waals surface area contributed by atoms with Crippen LogP contribution in [0.5, 0.6) is 0 Å². The van der Waals surface area contributed by atoms with Gasteiger partial charge in [0.05, 0.1) is 11.0 Å². The highest BCUT2D eigenvalue weighted by Crippen LogP contribution is 2.45. The SMILES string of the molecule is Cc1nc2ccccc2n1[C@H]1C[C@H]2CC[C@@H](C1)N2CCC1(c2ccccc2)CCN(C(=O)C(C)(C)NC(=O)C(C)(C)C)CC1. The van der Waals surface area contributed by atoms with Gasteiger partial charge in [-0.3, -0.25) is 14.5 Å². The van der Waals surface area contributed by atoms with Crippen molar-refractivity contribution in [3.63, 3.8) is 0 Å². The predicted octanol–water partition coefficient (Wildman–Crippen LogP) is 6.40. The molecule has 3 fully saturated rings. The lowest BCUT2D eigenvalue weighted by Crippen LogP contribution is -2.60. The fraction of sp³-hybridized carbons (Fsp3) is 0.595. The van der Waals surface area contributed by atoms with Gasteiger partial charge in [-0.05, 0) is 95.4 Å². The Hall–Kier alpha value is -3.19. The largest absolute Gasteiger partial charge is 0.342 e. The van der Waals surface area contributed by atoms with Crippen molar-refractivity contribution in [3.8, 4) is 0 Å². The number of para-hydroxylation sites is 2. The molecule has 3 aliphatic rings. The number of piperidine rings is 2. The lowest BCUT2D eigenvalue weighted by atomic mass is 9.70. The number of carbonyl (C=O) groups excluding carboxylic acids is 2. The van der Waals surface area contributed by atoms with Crippen LogP contribution in [-0.2, 0) is 15.0 Å². The standard InChI is InChI=1S/C37H51N5O2/c1-26-38-31-14-10-11-15-32(31)42(26)30-24-28-16-17-29(25-30)41(28)23-20-37(27-12-8-7-9-13-27)18-21-40(22-19-37)34(44)36(5,6)39-33(43)35(2,3)4/h7-15,28-30H,16-25H2,1-6H3,(H,39,43)/t28-,29+,30+. The third-order valence-electron chi connectivity index (χ3n) is 10.9. The van der Waals surface area contributed by atoms with Crippen molar-refractivity contribution in [1.82, 2.24) is 24.7 Å². The average Bonchev–Trinajstić information content (AvgIpc) is 3.46. The maximum atomic E-state index is 13.7. The van der Waals surface area contributed by atoms with E-state index in [9.17, 15) is 9.59 Å². The van der Waals surface area contributed by atoms with E-state index in [0.29, 0.717) is 31.2 Å². The molecule has 3 saturated heterocycles. The highest BCUT2D eigenvalue weighted by Gasteiger charge is 2.45. The highest BCUT2D eigenvalue weighted by atomic mass is 16.2.